The Kier molecular flexibility index (Phi) is 4.75. The van der Waals surface area contributed by atoms with Crippen molar-refractivity contribution in [2.24, 2.45) is 0 Å². The molecular weight excluding hydrogens is 430 g/mol. The van der Waals surface area contributed by atoms with E-state index in [9.17, 15) is 13.2 Å². The van der Waals surface area contributed by atoms with Crippen LogP contribution in [0.2, 0.25) is 0 Å². The summed E-state index contributed by atoms with van der Waals surface area (Å²) in [6.45, 7) is 0.402. The number of rotatable bonds is 4. The standard InChI is InChI=1S/C23H19N3O3S2/c1-31(28,29)26-13-12-15-14-16(10-11-20(15)26)22(27)24-18-7-3-2-6-17(18)23-25-19-8-4-5-9-21(19)30-23/h2-11,14H,12-13H2,1H3,(H,24,27). The smallest absolute Gasteiger partial charge is 0.255 e. The molecule has 1 N–H and O–H groups in total. The molecule has 0 atom stereocenters. The maximum absolute atomic E-state index is 13.0. The Morgan fingerprint density at radius 2 is 1.84 bits per heavy atom. The Balaban J connectivity index is 1.44. The molecule has 1 aromatic heterocycles. The van der Waals surface area contributed by atoms with E-state index in [1.54, 1.807) is 29.5 Å². The Labute approximate surface area is 184 Å². The average Bonchev–Trinajstić information content (AvgIpc) is 3.37. The maximum Gasteiger partial charge on any atom is 0.255 e. The molecule has 1 aliphatic rings. The zero-order chi connectivity index (χ0) is 21.6. The minimum absolute atomic E-state index is 0.242. The number of sulfonamides is 1. The van der Waals surface area contributed by atoms with Gasteiger partial charge >= 0.3 is 0 Å². The minimum Gasteiger partial charge on any atom is -0.321 e. The number of benzene rings is 3. The molecule has 0 saturated carbocycles. The molecule has 0 spiro atoms. The Morgan fingerprint density at radius 1 is 1.06 bits per heavy atom. The molecule has 0 aliphatic carbocycles. The van der Waals surface area contributed by atoms with E-state index in [0.29, 0.717) is 29.9 Å². The van der Waals surface area contributed by atoms with Gasteiger partial charge < -0.3 is 5.32 Å². The van der Waals surface area contributed by atoms with Crippen molar-refractivity contribution in [3.8, 4) is 10.6 Å². The summed E-state index contributed by atoms with van der Waals surface area (Å²) in [5.74, 6) is -0.242. The molecule has 4 aromatic rings. The number of nitrogens with zero attached hydrogens (tertiary/aromatic N) is 2. The number of hydrogen-bond acceptors (Lipinski definition) is 5. The molecule has 1 aliphatic heterocycles. The molecule has 0 unspecified atom stereocenters. The number of amides is 1. The van der Waals surface area contributed by atoms with Gasteiger partial charge in [0.1, 0.15) is 5.01 Å². The van der Waals surface area contributed by atoms with Crippen molar-refractivity contribution in [2.75, 3.05) is 22.4 Å². The zero-order valence-electron chi connectivity index (χ0n) is 16.7. The van der Waals surface area contributed by atoms with Gasteiger partial charge in [-0.1, -0.05) is 24.3 Å². The van der Waals surface area contributed by atoms with Crippen molar-refractivity contribution in [3.05, 3.63) is 77.9 Å². The fraction of sp³-hybridized carbons (Fsp3) is 0.130. The second-order valence-electron chi connectivity index (χ2n) is 7.42. The first-order valence-electron chi connectivity index (χ1n) is 9.77. The average molecular weight is 450 g/mol. The van der Waals surface area contributed by atoms with Crippen LogP contribution in [0.1, 0.15) is 15.9 Å². The number of anilines is 2. The van der Waals surface area contributed by atoms with Crippen molar-refractivity contribution in [3.63, 3.8) is 0 Å². The lowest BCUT2D eigenvalue weighted by atomic mass is 10.1. The quantitative estimate of drug-likeness (QED) is 0.496. The minimum atomic E-state index is -3.32. The normalized spacial score (nSPS) is 13.4. The zero-order valence-corrected chi connectivity index (χ0v) is 18.3. The summed E-state index contributed by atoms with van der Waals surface area (Å²) in [4.78, 5) is 17.7. The van der Waals surface area contributed by atoms with E-state index in [4.69, 9.17) is 4.98 Å². The van der Waals surface area contributed by atoms with E-state index >= 15 is 0 Å². The second-order valence-corrected chi connectivity index (χ2v) is 10.4. The molecule has 31 heavy (non-hydrogen) atoms. The molecule has 5 rings (SSSR count). The van der Waals surface area contributed by atoms with Gasteiger partial charge in [0.15, 0.2) is 0 Å². The monoisotopic (exact) mass is 449 g/mol. The van der Waals surface area contributed by atoms with E-state index in [-0.39, 0.29) is 5.91 Å². The highest BCUT2D eigenvalue weighted by Crippen LogP contribution is 2.35. The molecule has 8 heteroatoms. The van der Waals surface area contributed by atoms with Gasteiger partial charge in [0, 0.05) is 17.7 Å². The van der Waals surface area contributed by atoms with Gasteiger partial charge in [0.2, 0.25) is 10.0 Å². The summed E-state index contributed by atoms with van der Waals surface area (Å²) in [7, 11) is -3.32. The molecule has 3 aromatic carbocycles. The van der Waals surface area contributed by atoms with Crippen LogP contribution in [0.5, 0.6) is 0 Å². The predicted molar refractivity (Wildman–Crippen MR) is 125 cm³/mol. The molecular formula is C23H19N3O3S2. The van der Waals surface area contributed by atoms with Crippen molar-refractivity contribution in [1.29, 1.82) is 0 Å². The van der Waals surface area contributed by atoms with Gasteiger partial charge in [-0.05, 0) is 54.4 Å². The maximum atomic E-state index is 13.0. The first-order valence-corrected chi connectivity index (χ1v) is 12.4. The van der Waals surface area contributed by atoms with E-state index in [0.717, 1.165) is 26.4 Å². The van der Waals surface area contributed by atoms with Crippen LogP contribution < -0.4 is 9.62 Å². The number of nitrogens with one attached hydrogen (secondary N) is 1. The number of carbonyl (C=O) groups is 1. The molecule has 156 valence electrons. The highest BCUT2D eigenvalue weighted by molar-refractivity contribution is 7.92. The summed E-state index contributed by atoms with van der Waals surface area (Å²) in [6, 6.07) is 20.7. The van der Waals surface area contributed by atoms with Gasteiger partial charge in [-0.15, -0.1) is 11.3 Å². The van der Waals surface area contributed by atoms with E-state index < -0.39 is 10.0 Å². The Hall–Kier alpha value is -3.23. The lowest BCUT2D eigenvalue weighted by molar-refractivity contribution is 0.102. The lowest BCUT2D eigenvalue weighted by Crippen LogP contribution is -2.27. The first-order chi connectivity index (χ1) is 14.9. The third-order valence-electron chi connectivity index (χ3n) is 5.29. The van der Waals surface area contributed by atoms with Crippen molar-refractivity contribution in [1.82, 2.24) is 4.98 Å². The molecule has 0 bridgehead atoms. The fourth-order valence-electron chi connectivity index (χ4n) is 3.82. The van der Waals surface area contributed by atoms with E-state index in [1.807, 2.05) is 48.5 Å². The molecule has 0 saturated heterocycles. The number of hydrogen-bond donors (Lipinski definition) is 1. The summed E-state index contributed by atoms with van der Waals surface area (Å²) in [5, 5.41) is 3.84. The number of fused-ring (bicyclic) bond motifs is 2. The molecule has 0 fully saturated rings. The molecule has 0 radical (unpaired) electrons. The largest absolute Gasteiger partial charge is 0.321 e. The van der Waals surface area contributed by atoms with E-state index in [2.05, 4.69) is 5.32 Å². The van der Waals surface area contributed by atoms with Crippen LogP contribution in [0.3, 0.4) is 0 Å². The first kappa shape index (κ1) is 19.7. The Morgan fingerprint density at radius 3 is 2.65 bits per heavy atom. The molecule has 6 nitrogen and oxygen atoms in total. The third kappa shape index (κ3) is 3.68. The topological polar surface area (TPSA) is 79.4 Å². The lowest BCUT2D eigenvalue weighted by Gasteiger charge is -2.16. The fourth-order valence-corrected chi connectivity index (χ4v) is 5.78. The number of thiazole rings is 1. The van der Waals surface area contributed by atoms with Crippen LogP contribution in [-0.2, 0) is 16.4 Å². The Bertz CT molecular complexity index is 1390. The van der Waals surface area contributed by atoms with Gasteiger partial charge in [-0.25, -0.2) is 13.4 Å². The van der Waals surface area contributed by atoms with Gasteiger partial charge in [-0.2, -0.15) is 0 Å². The van der Waals surface area contributed by atoms with Crippen molar-refractivity contribution < 1.29 is 13.2 Å². The third-order valence-corrected chi connectivity index (χ3v) is 7.54. The predicted octanol–water partition coefficient (Wildman–Crippen LogP) is 4.54. The van der Waals surface area contributed by atoms with Gasteiger partial charge in [-0.3, -0.25) is 9.10 Å². The molecule has 1 amide bonds. The van der Waals surface area contributed by atoms with Crippen LogP contribution in [0.25, 0.3) is 20.8 Å². The highest BCUT2D eigenvalue weighted by atomic mass is 32.2. The highest BCUT2D eigenvalue weighted by Gasteiger charge is 2.27. The van der Waals surface area contributed by atoms with Crippen LogP contribution in [0.4, 0.5) is 11.4 Å². The van der Waals surface area contributed by atoms with Crippen LogP contribution in [0.15, 0.2) is 66.7 Å². The van der Waals surface area contributed by atoms with Crippen LogP contribution in [0, 0.1) is 0 Å². The summed E-state index contributed by atoms with van der Waals surface area (Å²) in [5.41, 5.74) is 4.48. The van der Waals surface area contributed by atoms with Crippen molar-refractivity contribution >= 4 is 48.9 Å². The summed E-state index contributed by atoms with van der Waals surface area (Å²) in [6.07, 6.45) is 1.79. The van der Waals surface area contributed by atoms with Gasteiger partial charge in [0.05, 0.1) is 27.8 Å². The van der Waals surface area contributed by atoms with Crippen LogP contribution in [-0.4, -0.2) is 32.1 Å². The van der Waals surface area contributed by atoms with Crippen LogP contribution >= 0.6 is 11.3 Å². The number of aromatic nitrogens is 1. The van der Waals surface area contributed by atoms with E-state index in [1.165, 1.54) is 10.6 Å². The number of para-hydroxylation sites is 2. The van der Waals surface area contributed by atoms with Gasteiger partial charge in [0.25, 0.3) is 5.91 Å². The number of carbonyl (C=O) groups excluding carboxylic acids is 1. The van der Waals surface area contributed by atoms with Crippen molar-refractivity contribution in [2.45, 2.75) is 6.42 Å². The summed E-state index contributed by atoms with van der Waals surface area (Å²) < 4.78 is 26.3. The SMILES string of the molecule is CS(=O)(=O)N1CCc2cc(C(=O)Nc3ccccc3-c3nc4ccccc4s3)ccc21. The summed E-state index contributed by atoms with van der Waals surface area (Å²) >= 11 is 1.58. The second kappa shape index (κ2) is 7.47. The molecule has 2 heterocycles.